The minimum absolute atomic E-state index is 0.233. The van der Waals surface area contributed by atoms with Gasteiger partial charge in [0.1, 0.15) is 0 Å². The third-order valence-electron chi connectivity index (χ3n) is 3.20. The highest BCUT2D eigenvalue weighted by Crippen LogP contribution is 2.17. The third-order valence-corrected chi connectivity index (χ3v) is 3.66. The highest BCUT2D eigenvalue weighted by Gasteiger charge is 2.07. The average Bonchev–Trinajstić information content (AvgIpc) is 2.43. The van der Waals surface area contributed by atoms with Crippen molar-refractivity contribution in [2.24, 2.45) is 0 Å². The molecule has 0 atom stereocenters. The molecule has 0 radical (unpaired) electrons. The molecule has 0 aliphatic carbocycles. The van der Waals surface area contributed by atoms with E-state index in [9.17, 15) is 9.59 Å². The Labute approximate surface area is 128 Å². The first-order chi connectivity index (χ1) is 10.0. The summed E-state index contributed by atoms with van der Waals surface area (Å²) < 4.78 is 2.12. The van der Waals surface area contributed by atoms with Crippen molar-refractivity contribution in [1.29, 1.82) is 0 Å². The summed E-state index contributed by atoms with van der Waals surface area (Å²) in [6, 6.07) is 12.2. The molecule has 3 aromatic rings. The third kappa shape index (κ3) is 2.62. The summed E-state index contributed by atoms with van der Waals surface area (Å²) in [5.41, 5.74) is 6.69. The van der Waals surface area contributed by atoms with Crippen molar-refractivity contribution in [3.8, 4) is 0 Å². The second-order valence-corrected chi connectivity index (χ2v) is 5.69. The van der Waals surface area contributed by atoms with E-state index in [2.05, 4.69) is 21.0 Å². The van der Waals surface area contributed by atoms with Gasteiger partial charge >= 0.3 is 0 Å². The molecule has 0 amide bonds. The molecular formula is C15H12BrN3O2. The van der Waals surface area contributed by atoms with E-state index in [1.165, 1.54) is 4.68 Å². The SMILES string of the molecule is Nc1cc(Br)cc(Cn2[nH]c(=O)c3ccccc3c2=O)c1. The molecule has 0 bridgehead atoms. The Balaban J connectivity index is 2.15. The molecule has 3 rings (SSSR count). The number of nitrogens with one attached hydrogen (secondary N) is 1. The second kappa shape index (κ2) is 5.21. The number of aromatic amines is 1. The molecule has 2 aromatic carbocycles. The number of hydrogen-bond donors (Lipinski definition) is 2. The molecule has 6 heteroatoms. The molecule has 5 nitrogen and oxygen atoms in total. The number of nitrogens with zero attached hydrogens (tertiary/aromatic N) is 1. The first-order valence-corrected chi connectivity index (χ1v) is 7.11. The lowest BCUT2D eigenvalue weighted by atomic mass is 10.2. The molecule has 1 aromatic heterocycles. The van der Waals surface area contributed by atoms with Crippen molar-refractivity contribution in [3.63, 3.8) is 0 Å². The van der Waals surface area contributed by atoms with E-state index >= 15 is 0 Å². The van der Waals surface area contributed by atoms with Crippen molar-refractivity contribution in [3.05, 3.63) is 73.2 Å². The van der Waals surface area contributed by atoms with Crippen LogP contribution in [0.1, 0.15) is 5.56 Å². The summed E-state index contributed by atoms with van der Waals surface area (Å²) in [5, 5.41) is 3.40. The smallest absolute Gasteiger partial charge is 0.273 e. The zero-order valence-corrected chi connectivity index (χ0v) is 12.6. The minimum atomic E-state index is -0.284. The molecule has 0 aliphatic heterocycles. The summed E-state index contributed by atoms with van der Waals surface area (Å²) >= 11 is 3.36. The highest BCUT2D eigenvalue weighted by atomic mass is 79.9. The summed E-state index contributed by atoms with van der Waals surface area (Å²) in [6.45, 7) is 0.253. The number of benzene rings is 2. The van der Waals surface area contributed by atoms with Gasteiger partial charge in [-0.3, -0.25) is 14.7 Å². The maximum atomic E-state index is 12.4. The maximum Gasteiger partial charge on any atom is 0.273 e. The summed E-state index contributed by atoms with van der Waals surface area (Å²) in [7, 11) is 0. The van der Waals surface area contributed by atoms with Gasteiger partial charge in [-0.1, -0.05) is 28.1 Å². The zero-order valence-electron chi connectivity index (χ0n) is 11.0. The van der Waals surface area contributed by atoms with Crippen molar-refractivity contribution in [2.75, 3.05) is 5.73 Å². The molecule has 0 aliphatic rings. The molecular weight excluding hydrogens is 334 g/mol. The Morgan fingerprint density at radius 1 is 1.10 bits per heavy atom. The van der Waals surface area contributed by atoms with E-state index in [1.807, 2.05) is 6.07 Å². The molecule has 106 valence electrons. The number of hydrogen-bond acceptors (Lipinski definition) is 3. The standard InChI is InChI=1S/C15H12BrN3O2/c16-10-5-9(6-11(17)7-10)8-19-15(21)13-4-2-1-3-12(13)14(20)18-19/h1-7H,8,17H2,(H,18,20). The van der Waals surface area contributed by atoms with Gasteiger partial charge in [-0.2, -0.15) is 0 Å². The molecule has 0 fully saturated rings. The Morgan fingerprint density at radius 3 is 2.52 bits per heavy atom. The minimum Gasteiger partial charge on any atom is -0.399 e. The van der Waals surface area contributed by atoms with Crippen LogP contribution in [0.25, 0.3) is 10.8 Å². The van der Waals surface area contributed by atoms with Gasteiger partial charge in [0, 0.05) is 10.2 Å². The predicted octanol–water partition coefficient (Wildman–Crippen LogP) is 2.08. The van der Waals surface area contributed by atoms with E-state index in [4.69, 9.17) is 5.73 Å². The monoisotopic (exact) mass is 345 g/mol. The van der Waals surface area contributed by atoms with Crippen LogP contribution in [-0.4, -0.2) is 9.78 Å². The number of H-pyrrole nitrogens is 1. The number of aromatic nitrogens is 2. The van der Waals surface area contributed by atoms with Gasteiger partial charge in [0.2, 0.25) is 0 Å². The molecule has 1 heterocycles. The summed E-state index contributed by atoms with van der Waals surface area (Å²) in [6.07, 6.45) is 0. The maximum absolute atomic E-state index is 12.4. The van der Waals surface area contributed by atoms with E-state index in [-0.39, 0.29) is 17.7 Å². The first-order valence-electron chi connectivity index (χ1n) is 6.31. The number of halogens is 1. The predicted molar refractivity (Wildman–Crippen MR) is 86.5 cm³/mol. The Bertz CT molecular complexity index is 923. The van der Waals surface area contributed by atoms with Crippen LogP contribution < -0.4 is 16.9 Å². The number of anilines is 1. The average molecular weight is 346 g/mol. The fourth-order valence-corrected chi connectivity index (χ4v) is 2.87. The number of nitrogen functional groups attached to an aromatic ring is 1. The van der Waals surface area contributed by atoms with Gasteiger partial charge < -0.3 is 5.73 Å². The normalized spacial score (nSPS) is 10.9. The van der Waals surface area contributed by atoms with E-state index in [0.717, 1.165) is 10.0 Å². The van der Waals surface area contributed by atoms with E-state index in [1.54, 1.807) is 36.4 Å². The van der Waals surface area contributed by atoms with Crippen LogP contribution in [-0.2, 0) is 6.54 Å². The van der Waals surface area contributed by atoms with Crippen LogP contribution >= 0.6 is 15.9 Å². The van der Waals surface area contributed by atoms with Crippen LogP contribution in [0, 0.1) is 0 Å². The van der Waals surface area contributed by atoms with E-state index < -0.39 is 0 Å². The number of fused-ring (bicyclic) bond motifs is 1. The lowest BCUT2D eigenvalue weighted by Crippen LogP contribution is -2.30. The topological polar surface area (TPSA) is 80.9 Å². The second-order valence-electron chi connectivity index (χ2n) is 4.77. The van der Waals surface area contributed by atoms with Crippen molar-refractivity contribution >= 4 is 32.4 Å². The molecule has 0 unspecified atom stereocenters. The van der Waals surface area contributed by atoms with Gasteiger partial charge in [-0.05, 0) is 35.9 Å². The number of nitrogens with two attached hydrogens (primary N) is 1. The van der Waals surface area contributed by atoms with E-state index in [0.29, 0.717) is 16.5 Å². The number of rotatable bonds is 2. The van der Waals surface area contributed by atoms with Gasteiger partial charge in [-0.25, -0.2) is 4.68 Å². The van der Waals surface area contributed by atoms with Gasteiger partial charge in [0.25, 0.3) is 11.1 Å². The van der Waals surface area contributed by atoms with Gasteiger partial charge in [0.15, 0.2) is 0 Å². The molecule has 0 saturated heterocycles. The lowest BCUT2D eigenvalue weighted by Gasteiger charge is -2.08. The van der Waals surface area contributed by atoms with Crippen LogP contribution in [0.4, 0.5) is 5.69 Å². The van der Waals surface area contributed by atoms with Crippen LogP contribution in [0.15, 0.2) is 56.5 Å². The van der Waals surface area contributed by atoms with Crippen molar-refractivity contribution in [2.45, 2.75) is 6.54 Å². The van der Waals surface area contributed by atoms with Crippen molar-refractivity contribution < 1.29 is 0 Å². The van der Waals surface area contributed by atoms with Crippen LogP contribution in [0.5, 0.6) is 0 Å². The molecule has 0 spiro atoms. The molecule has 3 N–H and O–H groups in total. The largest absolute Gasteiger partial charge is 0.399 e. The fourth-order valence-electron chi connectivity index (χ4n) is 2.31. The summed E-state index contributed by atoms with van der Waals surface area (Å²) in [5.74, 6) is 0. The quantitative estimate of drug-likeness (QED) is 0.697. The fraction of sp³-hybridized carbons (Fsp3) is 0.0667. The van der Waals surface area contributed by atoms with Crippen LogP contribution in [0.2, 0.25) is 0 Å². The summed E-state index contributed by atoms with van der Waals surface area (Å²) in [4.78, 5) is 24.4. The van der Waals surface area contributed by atoms with Gasteiger partial charge in [-0.15, -0.1) is 0 Å². The molecule has 21 heavy (non-hydrogen) atoms. The molecule has 0 saturated carbocycles. The van der Waals surface area contributed by atoms with Crippen LogP contribution in [0.3, 0.4) is 0 Å². The van der Waals surface area contributed by atoms with Gasteiger partial charge in [0.05, 0.1) is 17.3 Å². The Hall–Kier alpha value is -2.34. The zero-order chi connectivity index (χ0) is 15.0. The Morgan fingerprint density at radius 2 is 1.81 bits per heavy atom. The highest BCUT2D eigenvalue weighted by molar-refractivity contribution is 9.10. The van der Waals surface area contributed by atoms with Crippen molar-refractivity contribution in [1.82, 2.24) is 9.78 Å². The first kappa shape index (κ1) is 13.6. The lowest BCUT2D eigenvalue weighted by molar-refractivity contribution is 0.637. The Kier molecular flexibility index (Phi) is 3.39.